The molecule has 0 N–H and O–H groups in total. The summed E-state index contributed by atoms with van der Waals surface area (Å²) in [5.41, 5.74) is 0.192. The van der Waals surface area contributed by atoms with Crippen LogP contribution in [0.2, 0.25) is 0 Å². The molecule has 21 heavy (non-hydrogen) atoms. The Balaban J connectivity index is 2.77. The summed E-state index contributed by atoms with van der Waals surface area (Å²) in [6, 6.07) is 6.14. The highest BCUT2D eigenvalue weighted by atomic mass is 16.5. The van der Waals surface area contributed by atoms with Crippen LogP contribution in [0.3, 0.4) is 0 Å². The highest BCUT2D eigenvalue weighted by Crippen LogP contribution is 2.11. The number of hydrogen-bond donors (Lipinski definition) is 0. The molecule has 0 aliphatic rings. The molecule has 1 aromatic carbocycles. The molecule has 0 aromatic heterocycles. The molecule has 0 heterocycles. The molecular formula is C15H19NO5. The van der Waals surface area contributed by atoms with Crippen molar-refractivity contribution >= 4 is 17.8 Å². The molecule has 0 spiro atoms. The minimum absolute atomic E-state index is 0.0803. The molecule has 0 aliphatic heterocycles. The molecule has 0 fully saturated rings. The van der Waals surface area contributed by atoms with E-state index in [4.69, 9.17) is 4.74 Å². The van der Waals surface area contributed by atoms with Crippen molar-refractivity contribution in [2.75, 3.05) is 26.8 Å². The van der Waals surface area contributed by atoms with Gasteiger partial charge in [0, 0.05) is 13.1 Å². The first-order valence-electron chi connectivity index (χ1n) is 6.67. The molecule has 0 radical (unpaired) electrons. The van der Waals surface area contributed by atoms with E-state index in [-0.39, 0.29) is 23.6 Å². The highest BCUT2D eigenvalue weighted by molar-refractivity contribution is 6.03. The smallest absolute Gasteiger partial charge is 0.339 e. The molecule has 0 unspecified atom stereocenters. The first-order chi connectivity index (χ1) is 10.0. The molecule has 0 bridgehead atoms. The van der Waals surface area contributed by atoms with Crippen molar-refractivity contribution in [1.82, 2.24) is 4.90 Å². The van der Waals surface area contributed by atoms with Crippen LogP contribution >= 0.6 is 0 Å². The van der Waals surface area contributed by atoms with Gasteiger partial charge in [-0.15, -0.1) is 0 Å². The number of ether oxygens (including phenoxy) is 2. The van der Waals surface area contributed by atoms with Crippen molar-refractivity contribution in [3.05, 3.63) is 35.4 Å². The Morgan fingerprint density at radius 3 is 2.00 bits per heavy atom. The average Bonchev–Trinajstić information content (AvgIpc) is 2.52. The summed E-state index contributed by atoms with van der Waals surface area (Å²) in [5, 5.41) is 0. The van der Waals surface area contributed by atoms with E-state index in [0.29, 0.717) is 13.1 Å². The number of amides is 1. The van der Waals surface area contributed by atoms with E-state index >= 15 is 0 Å². The number of methoxy groups -OCH3 is 1. The van der Waals surface area contributed by atoms with Crippen LogP contribution in [0.5, 0.6) is 0 Å². The van der Waals surface area contributed by atoms with Crippen LogP contribution < -0.4 is 0 Å². The van der Waals surface area contributed by atoms with Crippen molar-refractivity contribution in [2.45, 2.75) is 13.8 Å². The summed E-state index contributed by atoms with van der Waals surface area (Å²) < 4.78 is 9.58. The normalized spacial score (nSPS) is 9.86. The Morgan fingerprint density at radius 1 is 1.00 bits per heavy atom. The van der Waals surface area contributed by atoms with Gasteiger partial charge < -0.3 is 14.4 Å². The standard InChI is InChI=1S/C15H19NO5/c1-4-16(5-2)13(17)10-21-15(19)12-9-7-6-8-11(12)14(18)20-3/h6-9H,4-5,10H2,1-3H3. The zero-order chi connectivity index (χ0) is 15.8. The van der Waals surface area contributed by atoms with Gasteiger partial charge in [-0.2, -0.15) is 0 Å². The number of esters is 2. The van der Waals surface area contributed by atoms with Gasteiger partial charge >= 0.3 is 11.9 Å². The van der Waals surface area contributed by atoms with Crippen LogP contribution in [0.25, 0.3) is 0 Å². The predicted molar refractivity (Wildman–Crippen MR) is 76.0 cm³/mol. The van der Waals surface area contributed by atoms with Gasteiger partial charge in [-0.25, -0.2) is 9.59 Å². The largest absolute Gasteiger partial charge is 0.465 e. The number of carbonyl (C=O) groups is 3. The summed E-state index contributed by atoms with van der Waals surface area (Å²) in [6.45, 7) is 4.43. The van der Waals surface area contributed by atoms with Crippen molar-refractivity contribution in [1.29, 1.82) is 0 Å². The Morgan fingerprint density at radius 2 is 1.52 bits per heavy atom. The van der Waals surface area contributed by atoms with E-state index in [2.05, 4.69) is 4.74 Å². The van der Waals surface area contributed by atoms with Gasteiger partial charge in [-0.05, 0) is 26.0 Å². The van der Waals surface area contributed by atoms with Gasteiger partial charge in [-0.1, -0.05) is 12.1 Å². The van der Waals surface area contributed by atoms with E-state index in [0.717, 1.165) is 0 Å². The number of hydrogen-bond acceptors (Lipinski definition) is 5. The zero-order valence-corrected chi connectivity index (χ0v) is 12.4. The second-order valence-corrected chi connectivity index (χ2v) is 4.18. The first kappa shape index (κ1) is 16.7. The van der Waals surface area contributed by atoms with Crippen LogP contribution in [-0.2, 0) is 14.3 Å². The summed E-state index contributed by atoms with van der Waals surface area (Å²) >= 11 is 0. The van der Waals surface area contributed by atoms with Crippen LogP contribution in [-0.4, -0.2) is 49.6 Å². The van der Waals surface area contributed by atoms with Crippen molar-refractivity contribution in [2.24, 2.45) is 0 Å². The van der Waals surface area contributed by atoms with Gasteiger partial charge in [0.25, 0.3) is 5.91 Å². The van der Waals surface area contributed by atoms with E-state index in [9.17, 15) is 14.4 Å². The number of carbonyl (C=O) groups excluding carboxylic acids is 3. The lowest BCUT2D eigenvalue weighted by atomic mass is 10.1. The van der Waals surface area contributed by atoms with E-state index < -0.39 is 11.9 Å². The fourth-order valence-electron chi connectivity index (χ4n) is 1.82. The van der Waals surface area contributed by atoms with Crippen LogP contribution in [0.1, 0.15) is 34.6 Å². The fraction of sp³-hybridized carbons (Fsp3) is 0.400. The van der Waals surface area contributed by atoms with Gasteiger partial charge in [0.05, 0.1) is 18.2 Å². The predicted octanol–water partition coefficient (Wildman–Crippen LogP) is 1.50. The highest BCUT2D eigenvalue weighted by Gasteiger charge is 2.20. The molecule has 6 nitrogen and oxygen atoms in total. The lowest BCUT2D eigenvalue weighted by Crippen LogP contribution is -2.34. The Labute approximate surface area is 123 Å². The third-order valence-electron chi connectivity index (χ3n) is 3.00. The third-order valence-corrected chi connectivity index (χ3v) is 3.00. The topological polar surface area (TPSA) is 72.9 Å². The van der Waals surface area contributed by atoms with Crippen LogP contribution in [0, 0.1) is 0 Å². The minimum atomic E-state index is -0.725. The SMILES string of the molecule is CCN(CC)C(=O)COC(=O)c1ccccc1C(=O)OC. The summed E-state index contributed by atoms with van der Waals surface area (Å²) in [4.78, 5) is 36.9. The third kappa shape index (κ3) is 4.30. The Kier molecular flexibility index (Phi) is 6.39. The van der Waals surface area contributed by atoms with Gasteiger partial charge in [0.15, 0.2) is 6.61 Å². The molecule has 0 saturated heterocycles. The van der Waals surface area contributed by atoms with Crippen LogP contribution in [0.4, 0.5) is 0 Å². The maximum absolute atomic E-state index is 12.0. The molecule has 6 heteroatoms. The van der Waals surface area contributed by atoms with Gasteiger partial charge in [0.2, 0.25) is 0 Å². The van der Waals surface area contributed by atoms with Crippen LogP contribution in [0.15, 0.2) is 24.3 Å². The molecule has 1 rings (SSSR count). The lowest BCUT2D eigenvalue weighted by molar-refractivity contribution is -0.134. The lowest BCUT2D eigenvalue weighted by Gasteiger charge is -2.18. The molecule has 0 aliphatic carbocycles. The van der Waals surface area contributed by atoms with Crippen molar-refractivity contribution < 1.29 is 23.9 Å². The van der Waals surface area contributed by atoms with Crippen molar-refractivity contribution in [3.63, 3.8) is 0 Å². The molecule has 1 aromatic rings. The number of nitrogens with zero attached hydrogens (tertiary/aromatic N) is 1. The molecular weight excluding hydrogens is 274 g/mol. The number of rotatable bonds is 6. The maximum Gasteiger partial charge on any atom is 0.339 e. The molecule has 1 amide bonds. The molecule has 0 saturated carbocycles. The number of likely N-dealkylation sites (N-methyl/N-ethyl adjacent to an activating group) is 1. The maximum atomic E-state index is 12.0. The monoisotopic (exact) mass is 293 g/mol. The first-order valence-corrected chi connectivity index (χ1v) is 6.67. The van der Waals surface area contributed by atoms with E-state index in [1.165, 1.54) is 19.2 Å². The van der Waals surface area contributed by atoms with Crippen molar-refractivity contribution in [3.8, 4) is 0 Å². The fourth-order valence-corrected chi connectivity index (χ4v) is 1.82. The van der Waals surface area contributed by atoms with Gasteiger partial charge in [0.1, 0.15) is 0 Å². The molecule has 0 atom stereocenters. The Hall–Kier alpha value is -2.37. The molecule has 114 valence electrons. The van der Waals surface area contributed by atoms with Gasteiger partial charge in [-0.3, -0.25) is 4.79 Å². The van der Waals surface area contributed by atoms with E-state index in [1.54, 1.807) is 17.0 Å². The summed E-state index contributed by atoms with van der Waals surface area (Å²) in [6.07, 6.45) is 0. The second-order valence-electron chi connectivity index (χ2n) is 4.18. The minimum Gasteiger partial charge on any atom is -0.465 e. The quantitative estimate of drug-likeness (QED) is 0.743. The number of benzene rings is 1. The van der Waals surface area contributed by atoms with E-state index in [1.807, 2.05) is 13.8 Å². The average molecular weight is 293 g/mol. The zero-order valence-electron chi connectivity index (χ0n) is 12.4. The summed E-state index contributed by atoms with van der Waals surface area (Å²) in [5.74, 6) is -1.63. The summed E-state index contributed by atoms with van der Waals surface area (Å²) in [7, 11) is 1.23. The Bertz CT molecular complexity index is 523. The second kappa shape index (κ2) is 8.04.